The number of carbonyl (C=O) groups excluding carboxylic acids is 2. The average Bonchev–Trinajstić information content (AvgIpc) is 3.14. The monoisotopic (exact) mass is 449 g/mol. The number of hydrogen-bond acceptors (Lipinski definition) is 5. The summed E-state index contributed by atoms with van der Waals surface area (Å²) in [6.45, 7) is 3.20. The van der Waals surface area contributed by atoms with Crippen LogP contribution in [0.3, 0.4) is 0 Å². The molecular weight excluding hydrogens is 426 g/mol. The molecule has 2 aromatic carbocycles. The minimum Gasteiger partial charge on any atom is -0.493 e. The lowest BCUT2D eigenvalue weighted by Crippen LogP contribution is -2.53. The van der Waals surface area contributed by atoms with E-state index in [1.165, 1.54) is 4.90 Å². The maximum atomic E-state index is 12.8. The first-order chi connectivity index (χ1) is 15.5. The van der Waals surface area contributed by atoms with Crippen molar-refractivity contribution in [2.45, 2.75) is 13.5 Å². The largest absolute Gasteiger partial charge is 0.493 e. The molecule has 0 radical (unpaired) electrons. The van der Waals surface area contributed by atoms with Crippen LogP contribution in [0.25, 0.3) is 17.0 Å². The van der Waals surface area contributed by atoms with Crippen molar-refractivity contribution >= 4 is 46.1 Å². The Morgan fingerprint density at radius 1 is 1.06 bits per heavy atom. The molecule has 1 N–H and O–H groups in total. The van der Waals surface area contributed by atoms with Crippen LogP contribution in [-0.4, -0.2) is 46.7 Å². The van der Waals surface area contributed by atoms with Crippen molar-refractivity contribution in [1.82, 2.24) is 14.8 Å². The summed E-state index contributed by atoms with van der Waals surface area (Å²) < 4.78 is 13.3. The average molecular weight is 450 g/mol. The summed E-state index contributed by atoms with van der Waals surface area (Å²) in [5, 5.41) is 3.66. The normalized spacial score (nSPS) is 15.4. The summed E-state index contributed by atoms with van der Waals surface area (Å²) >= 11 is 5.10. The standard InChI is InChI=1S/C24H23N3O4S/c1-3-27-23(29)18(22(28)25-24(27)32)14-16-15-26(19-9-5-4-8-17(16)19)12-13-31-21-11-7-6-10-20(21)30-2/h4-11,14-15H,3,12-13H2,1-2H3,(H,25,28,32)/b18-14+. The number of carbonyl (C=O) groups is 2. The molecule has 0 aliphatic carbocycles. The highest BCUT2D eigenvalue weighted by Gasteiger charge is 2.32. The molecule has 32 heavy (non-hydrogen) atoms. The first kappa shape index (κ1) is 21.6. The van der Waals surface area contributed by atoms with Crippen LogP contribution >= 0.6 is 12.2 Å². The Bertz CT molecular complexity index is 1230. The fourth-order valence-corrected chi connectivity index (χ4v) is 4.01. The summed E-state index contributed by atoms with van der Waals surface area (Å²) in [6, 6.07) is 15.3. The number of thiocarbonyl (C=S) groups is 1. The number of para-hydroxylation sites is 3. The fourth-order valence-electron chi connectivity index (χ4n) is 3.70. The molecule has 164 valence electrons. The number of nitrogens with zero attached hydrogens (tertiary/aromatic N) is 2. The Kier molecular flexibility index (Phi) is 6.23. The number of aromatic nitrogens is 1. The molecule has 0 atom stereocenters. The number of nitrogens with one attached hydrogen (secondary N) is 1. The lowest BCUT2D eigenvalue weighted by atomic mass is 10.1. The molecular formula is C24H23N3O4S. The number of fused-ring (bicyclic) bond motifs is 1. The second-order valence-corrected chi connectivity index (χ2v) is 7.55. The smallest absolute Gasteiger partial charge is 0.265 e. The first-order valence-corrected chi connectivity index (χ1v) is 10.7. The molecule has 1 saturated heterocycles. The molecule has 0 bridgehead atoms. The topological polar surface area (TPSA) is 72.8 Å². The molecule has 4 rings (SSSR count). The maximum Gasteiger partial charge on any atom is 0.265 e. The van der Waals surface area contributed by atoms with E-state index in [0.717, 1.165) is 16.5 Å². The SMILES string of the molecule is CCN1C(=O)/C(=C/c2cn(CCOc3ccccc3OC)c3ccccc23)C(=O)NC1=S. The van der Waals surface area contributed by atoms with Gasteiger partial charge in [-0.15, -0.1) is 0 Å². The minimum atomic E-state index is -0.485. The molecule has 2 heterocycles. The van der Waals surface area contributed by atoms with E-state index in [1.807, 2.05) is 66.2 Å². The van der Waals surface area contributed by atoms with E-state index in [0.29, 0.717) is 31.2 Å². The maximum absolute atomic E-state index is 12.8. The van der Waals surface area contributed by atoms with Crippen LogP contribution in [0.4, 0.5) is 0 Å². The highest BCUT2D eigenvalue weighted by atomic mass is 32.1. The van der Waals surface area contributed by atoms with Crippen LogP contribution in [0.15, 0.2) is 60.3 Å². The molecule has 1 aliphatic heterocycles. The van der Waals surface area contributed by atoms with Gasteiger partial charge in [-0.1, -0.05) is 30.3 Å². The van der Waals surface area contributed by atoms with Gasteiger partial charge < -0.3 is 14.0 Å². The zero-order valence-electron chi connectivity index (χ0n) is 17.8. The van der Waals surface area contributed by atoms with Crippen LogP contribution in [-0.2, 0) is 16.1 Å². The highest BCUT2D eigenvalue weighted by Crippen LogP contribution is 2.27. The number of ether oxygens (including phenoxy) is 2. The van der Waals surface area contributed by atoms with E-state index in [1.54, 1.807) is 13.2 Å². The molecule has 7 nitrogen and oxygen atoms in total. The molecule has 0 saturated carbocycles. The van der Waals surface area contributed by atoms with Gasteiger partial charge in [0.1, 0.15) is 12.2 Å². The zero-order valence-corrected chi connectivity index (χ0v) is 18.6. The van der Waals surface area contributed by atoms with Crippen molar-refractivity contribution in [3.05, 3.63) is 65.9 Å². The van der Waals surface area contributed by atoms with E-state index >= 15 is 0 Å². The summed E-state index contributed by atoms with van der Waals surface area (Å²) in [7, 11) is 1.61. The third-order valence-electron chi connectivity index (χ3n) is 5.28. The molecule has 2 amide bonds. The second kappa shape index (κ2) is 9.23. The van der Waals surface area contributed by atoms with Crippen LogP contribution in [0.5, 0.6) is 11.5 Å². The van der Waals surface area contributed by atoms with Crippen LogP contribution < -0.4 is 14.8 Å². The van der Waals surface area contributed by atoms with Crippen molar-refractivity contribution in [3.63, 3.8) is 0 Å². The van der Waals surface area contributed by atoms with E-state index < -0.39 is 11.8 Å². The predicted molar refractivity (Wildman–Crippen MR) is 127 cm³/mol. The third kappa shape index (κ3) is 4.09. The van der Waals surface area contributed by atoms with E-state index in [9.17, 15) is 9.59 Å². The number of rotatable bonds is 7. The molecule has 0 unspecified atom stereocenters. The highest BCUT2D eigenvalue weighted by molar-refractivity contribution is 7.80. The zero-order chi connectivity index (χ0) is 22.7. The van der Waals surface area contributed by atoms with Gasteiger partial charge in [0.25, 0.3) is 11.8 Å². The van der Waals surface area contributed by atoms with E-state index in [-0.39, 0.29) is 10.7 Å². The van der Waals surface area contributed by atoms with Gasteiger partial charge in [0.05, 0.1) is 13.7 Å². The van der Waals surface area contributed by atoms with Crippen molar-refractivity contribution in [2.24, 2.45) is 0 Å². The van der Waals surface area contributed by atoms with Crippen molar-refractivity contribution in [2.75, 3.05) is 20.3 Å². The number of methoxy groups -OCH3 is 1. The van der Waals surface area contributed by atoms with Crippen LogP contribution in [0.1, 0.15) is 12.5 Å². The van der Waals surface area contributed by atoms with Gasteiger partial charge >= 0.3 is 0 Å². The fraction of sp³-hybridized carbons (Fsp3) is 0.208. The minimum absolute atomic E-state index is 0.0635. The van der Waals surface area contributed by atoms with Crippen molar-refractivity contribution in [1.29, 1.82) is 0 Å². The van der Waals surface area contributed by atoms with Crippen LogP contribution in [0.2, 0.25) is 0 Å². The Morgan fingerprint density at radius 2 is 1.78 bits per heavy atom. The second-order valence-electron chi connectivity index (χ2n) is 7.16. The van der Waals surface area contributed by atoms with E-state index in [2.05, 4.69) is 5.32 Å². The molecule has 1 aromatic heterocycles. The van der Waals surface area contributed by atoms with Gasteiger partial charge in [0.15, 0.2) is 16.6 Å². The lowest BCUT2D eigenvalue weighted by Gasteiger charge is -2.27. The molecule has 8 heteroatoms. The van der Waals surface area contributed by atoms with E-state index in [4.69, 9.17) is 21.7 Å². The third-order valence-corrected chi connectivity index (χ3v) is 5.60. The number of amides is 2. The Morgan fingerprint density at radius 3 is 2.53 bits per heavy atom. The first-order valence-electron chi connectivity index (χ1n) is 10.3. The quantitative estimate of drug-likeness (QED) is 0.340. The number of benzene rings is 2. The van der Waals surface area contributed by atoms with Gasteiger partial charge in [-0.2, -0.15) is 0 Å². The van der Waals surface area contributed by atoms with Gasteiger partial charge in [-0.25, -0.2) is 0 Å². The Balaban J connectivity index is 1.62. The Labute approximate surface area is 191 Å². The molecule has 1 aliphatic rings. The summed E-state index contributed by atoms with van der Waals surface area (Å²) in [5.74, 6) is 0.475. The van der Waals surface area contributed by atoms with Gasteiger partial charge in [0.2, 0.25) is 0 Å². The summed E-state index contributed by atoms with van der Waals surface area (Å²) in [6.07, 6.45) is 3.55. The predicted octanol–water partition coefficient (Wildman–Crippen LogP) is 3.38. The van der Waals surface area contributed by atoms with Gasteiger partial charge in [0, 0.05) is 29.2 Å². The summed E-state index contributed by atoms with van der Waals surface area (Å²) in [5.41, 5.74) is 1.82. The van der Waals surface area contributed by atoms with Gasteiger partial charge in [-0.05, 0) is 43.4 Å². The number of hydrogen-bond donors (Lipinski definition) is 1. The summed E-state index contributed by atoms with van der Waals surface area (Å²) in [4.78, 5) is 26.6. The molecule has 3 aromatic rings. The van der Waals surface area contributed by atoms with Crippen LogP contribution in [0, 0.1) is 0 Å². The lowest BCUT2D eigenvalue weighted by molar-refractivity contribution is -0.128. The Hall–Kier alpha value is -3.65. The molecule has 0 spiro atoms. The van der Waals surface area contributed by atoms with Crippen molar-refractivity contribution in [3.8, 4) is 11.5 Å². The van der Waals surface area contributed by atoms with Gasteiger partial charge in [-0.3, -0.25) is 19.8 Å². The molecule has 1 fully saturated rings. The van der Waals surface area contributed by atoms with Crippen molar-refractivity contribution < 1.29 is 19.1 Å². The number of likely N-dealkylation sites (N-methyl/N-ethyl adjacent to an activating group) is 1.